The maximum Gasteiger partial charge on any atom is 0.335 e. The van der Waals surface area contributed by atoms with Crippen LogP contribution in [-0.2, 0) is 10.8 Å². The number of amides is 1. The number of benzene rings is 3. The van der Waals surface area contributed by atoms with Crippen molar-refractivity contribution in [1.29, 1.82) is 0 Å². The van der Waals surface area contributed by atoms with Crippen molar-refractivity contribution >= 4 is 11.9 Å². The first-order valence-electron chi connectivity index (χ1n) is 11.8. The summed E-state index contributed by atoms with van der Waals surface area (Å²) in [4.78, 5) is 24.6. The molecule has 0 bridgehead atoms. The number of carbonyl (C=O) groups is 2. The van der Waals surface area contributed by atoms with Gasteiger partial charge in [0.1, 0.15) is 0 Å². The van der Waals surface area contributed by atoms with Gasteiger partial charge in [0.05, 0.1) is 11.6 Å². The molecule has 4 rings (SSSR count). The lowest BCUT2D eigenvalue weighted by Gasteiger charge is -2.43. The molecule has 0 aromatic heterocycles. The van der Waals surface area contributed by atoms with E-state index < -0.39 is 12.0 Å². The zero-order valence-electron chi connectivity index (χ0n) is 20.6. The molecule has 1 aliphatic carbocycles. The number of carboxylic acid groups (broad SMARTS) is 1. The highest BCUT2D eigenvalue weighted by atomic mass is 16.4. The number of rotatable bonds is 5. The van der Waals surface area contributed by atoms with Gasteiger partial charge in [0.15, 0.2) is 0 Å². The van der Waals surface area contributed by atoms with E-state index in [1.54, 1.807) is 36.4 Å². The fraction of sp³-hybridized carbons (Fsp3) is 0.333. The Labute approximate surface area is 202 Å². The Morgan fingerprint density at radius 3 is 1.94 bits per heavy atom. The minimum Gasteiger partial charge on any atom is -0.478 e. The first-order chi connectivity index (χ1) is 16.0. The van der Waals surface area contributed by atoms with Crippen LogP contribution < -0.4 is 5.32 Å². The van der Waals surface area contributed by atoms with Crippen molar-refractivity contribution in [1.82, 2.24) is 5.32 Å². The van der Waals surface area contributed by atoms with Gasteiger partial charge in [-0.25, -0.2) is 4.79 Å². The Hall–Kier alpha value is -3.40. The van der Waals surface area contributed by atoms with E-state index in [0.29, 0.717) is 5.56 Å². The van der Waals surface area contributed by atoms with E-state index in [1.165, 1.54) is 11.1 Å². The fourth-order valence-electron chi connectivity index (χ4n) is 5.01. The third-order valence-corrected chi connectivity index (χ3v) is 7.35. The van der Waals surface area contributed by atoms with Gasteiger partial charge >= 0.3 is 5.97 Å². The predicted octanol–water partition coefficient (Wildman–Crippen LogP) is 6.56. The van der Waals surface area contributed by atoms with Gasteiger partial charge < -0.3 is 10.4 Å². The smallest absolute Gasteiger partial charge is 0.335 e. The number of hydrogen-bond acceptors (Lipinski definition) is 2. The molecule has 2 N–H and O–H groups in total. The number of carboxylic acids is 1. The third-order valence-electron chi connectivity index (χ3n) is 7.35. The Morgan fingerprint density at radius 1 is 0.824 bits per heavy atom. The molecule has 0 saturated heterocycles. The molecular formula is C30H33NO3. The summed E-state index contributed by atoms with van der Waals surface area (Å²) in [6, 6.07) is 20.1. The molecule has 4 heteroatoms. The van der Waals surface area contributed by atoms with Gasteiger partial charge in [-0.15, -0.1) is 0 Å². The Morgan fingerprint density at radius 2 is 1.38 bits per heavy atom. The second kappa shape index (κ2) is 8.75. The molecule has 0 heterocycles. The van der Waals surface area contributed by atoms with E-state index in [1.807, 2.05) is 18.2 Å². The van der Waals surface area contributed by atoms with Crippen molar-refractivity contribution in [2.75, 3.05) is 0 Å². The van der Waals surface area contributed by atoms with Crippen LogP contribution in [0, 0.1) is 6.92 Å². The summed E-state index contributed by atoms with van der Waals surface area (Å²) in [6.07, 6.45) is 2.24. The highest BCUT2D eigenvalue weighted by Crippen LogP contribution is 2.47. The molecule has 3 aromatic carbocycles. The molecule has 0 spiro atoms. The molecule has 1 atom stereocenters. The molecular weight excluding hydrogens is 422 g/mol. The molecule has 4 nitrogen and oxygen atoms in total. The number of nitrogens with one attached hydrogen (secondary N) is 1. The number of carbonyl (C=O) groups excluding carboxylic acids is 1. The number of aromatic carboxylic acids is 1. The highest BCUT2D eigenvalue weighted by Gasteiger charge is 2.38. The highest BCUT2D eigenvalue weighted by molar-refractivity contribution is 5.94. The minimum absolute atomic E-state index is 0.0362. The predicted molar refractivity (Wildman–Crippen MR) is 136 cm³/mol. The monoisotopic (exact) mass is 455 g/mol. The summed E-state index contributed by atoms with van der Waals surface area (Å²) >= 11 is 0. The molecule has 34 heavy (non-hydrogen) atoms. The molecule has 1 unspecified atom stereocenters. The minimum atomic E-state index is -0.967. The van der Waals surface area contributed by atoms with Gasteiger partial charge in [0.2, 0.25) is 0 Å². The zero-order valence-corrected chi connectivity index (χ0v) is 20.6. The normalized spacial score (nSPS) is 16.9. The van der Waals surface area contributed by atoms with Crippen LogP contribution in [-0.4, -0.2) is 17.0 Å². The van der Waals surface area contributed by atoms with Crippen LogP contribution in [0.15, 0.2) is 66.7 Å². The second-order valence-corrected chi connectivity index (χ2v) is 10.7. The second-order valence-electron chi connectivity index (χ2n) is 10.7. The molecule has 176 valence electrons. The van der Waals surface area contributed by atoms with E-state index in [0.717, 1.165) is 29.5 Å². The average molecular weight is 456 g/mol. The summed E-state index contributed by atoms with van der Waals surface area (Å²) in [5.41, 5.74) is 6.65. The standard InChI is InChI=1S/C30H33NO3/c1-19-17-24-25(30(4,5)16-15-29(24,2)3)18-23(19)26(20-11-13-22(14-12-20)28(33)34)31-27(32)21-9-7-6-8-10-21/h6-14,17-18,26H,15-16H2,1-5H3,(H,31,32)(H,33,34). The number of hydrogen-bond donors (Lipinski definition) is 2. The van der Waals surface area contributed by atoms with E-state index in [-0.39, 0.29) is 22.3 Å². The van der Waals surface area contributed by atoms with Crippen LogP contribution in [0.5, 0.6) is 0 Å². The summed E-state index contributed by atoms with van der Waals surface area (Å²) in [6.45, 7) is 11.3. The molecule has 0 fully saturated rings. The quantitative estimate of drug-likeness (QED) is 0.458. The van der Waals surface area contributed by atoms with E-state index in [2.05, 4.69) is 52.1 Å². The molecule has 0 saturated carbocycles. The van der Waals surface area contributed by atoms with Crippen LogP contribution >= 0.6 is 0 Å². The van der Waals surface area contributed by atoms with Crippen LogP contribution in [0.1, 0.15) is 95.1 Å². The lowest BCUT2D eigenvalue weighted by Crippen LogP contribution is -2.35. The third kappa shape index (κ3) is 4.50. The van der Waals surface area contributed by atoms with Gasteiger partial charge in [-0.05, 0) is 82.7 Å². The van der Waals surface area contributed by atoms with Gasteiger partial charge in [-0.3, -0.25) is 4.79 Å². The van der Waals surface area contributed by atoms with Gasteiger partial charge in [0.25, 0.3) is 5.91 Å². The molecule has 3 aromatic rings. The maximum absolute atomic E-state index is 13.2. The summed E-state index contributed by atoms with van der Waals surface area (Å²) < 4.78 is 0. The van der Waals surface area contributed by atoms with Crippen LogP contribution in [0.2, 0.25) is 0 Å². The van der Waals surface area contributed by atoms with Gasteiger partial charge in [-0.1, -0.05) is 70.2 Å². The lowest BCUT2D eigenvalue weighted by molar-refractivity contribution is 0.0696. The Kier molecular flexibility index (Phi) is 6.11. The Bertz CT molecular complexity index is 1220. The van der Waals surface area contributed by atoms with E-state index in [4.69, 9.17) is 0 Å². The average Bonchev–Trinajstić information content (AvgIpc) is 2.81. The van der Waals surface area contributed by atoms with E-state index in [9.17, 15) is 14.7 Å². The summed E-state index contributed by atoms with van der Waals surface area (Å²) in [7, 11) is 0. The van der Waals surface area contributed by atoms with Crippen LogP contribution in [0.25, 0.3) is 0 Å². The molecule has 0 radical (unpaired) electrons. The van der Waals surface area contributed by atoms with E-state index >= 15 is 0 Å². The maximum atomic E-state index is 13.2. The number of fused-ring (bicyclic) bond motifs is 1. The van der Waals surface area contributed by atoms with Crippen molar-refractivity contribution in [3.05, 3.63) is 106 Å². The lowest BCUT2D eigenvalue weighted by atomic mass is 9.62. The fourth-order valence-corrected chi connectivity index (χ4v) is 5.01. The van der Waals surface area contributed by atoms with Gasteiger partial charge in [0, 0.05) is 5.56 Å². The summed E-state index contributed by atoms with van der Waals surface area (Å²) in [5.74, 6) is -1.13. The van der Waals surface area contributed by atoms with Crippen LogP contribution in [0.4, 0.5) is 0 Å². The topological polar surface area (TPSA) is 66.4 Å². The summed E-state index contributed by atoms with van der Waals surface area (Å²) in [5, 5.41) is 12.6. The van der Waals surface area contributed by atoms with Crippen LogP contribution in [0.3, 0.4) is 0 Å². The largest absolute Gasteiger partial charge is 0.478 e. The van der Waals surface area contributed by atoms with Gasteiger partial charge in [-0.2, -0.15) is 0 Å². The Balaban J connectivity index is 1.85. The zero-order chi connectivity index (χ0) is 24.7. The number of aryl methyl sites for hydroxylation is 1. The molecule has 1 aliphatic rings. The SMILES string of the molecule is Cc1cc2c(cc1C(NC(=O)c1ccccc1)c1ccc(C(=O)O)cc1)C(C)(C)CCC2(C)C. The van der Waals surface area contributed by atoms with Crippen molar-refractivity contribution < 1.29 is 14.7 Å². The molecule has 1 amide bonds. The first kappa shape index (κ1) is 23.7. The molecule has 0 aliphatic heterocycles. The van der Waals surface area contributed by atoms with Crippen molar-refractivity contribution in [3.8, 4) is 0 Å². The van der Waals surface area contributed by atoms with Crippen molar-refractivity contribution in [2.45, 2.75) is 64.3 Å². The van der Waals surface area contributed by atoms with Crippen molar-refractivity contribution in [3.63, 3.8) is 0 Å². The first-order valence-corrected chi connectivity index (χ1v) is 11.8. The van der Waals surface area contributed by atoms with Crippen molar-refractivity contribution in [2.24, 2.45) is 0 Å².